The molecule has 0 radical (unpaired) electrons. The van der Waals surface area contributed by atoms with Crippen molar-refractivity contribution in [2.75, 3.05) is 18.5 Å². The fraction of sp³-hybridized carbons (Fsp3) is 0.529. The van der Waals surface area contributed by atoms with Gasteiger partial charge < -0.3 is 21.1 Å². The molecule has 1 aliphatic rings. The molecule has 0 atom stereocenters. The lowest BCUT2D eigenvalue weighted by Crippen LogP contribution is -2.41. The van der Waals surface area contributed by atoms with Crippen LogP contribution < -0.4 is 21.1 Å². The van der Waals surface area contributed by atoms with E-state index in [9.17, 15) is 4.79 Å². The highest BCUT2D eigenvalue weighted by Crippen LogP contribution is 2.18. The third-order valence-corrected chi connectivity index (χ3v) is 3.75. The van der Waals surface area contributed by atoms with Crippen molar-refractivity contribution in [1.82, 2.24) is 5.32 Å². The first-order valence-corrected chi connectivity index (χ1v) is 8.20. The molecule has 6 nitrogen and oxygen atoms in total. The molecule has 1 saturated carbocycles. The highest BCUT2D eigenvalue weighted by Gasteiger charge is 2.13. The molecule has 24 heavy (non-hydrogen) atoms. The first-order valence-electron chi connectivity index (χ1n) is 8.20. The van der Waals surface area contributed by atoms with Gasteiger partial charge in [0.25, 0.3) is 0 Å². The zero-order chi connectivity index (χ0) is 16.5. The predicted molar refractivity (Wildman–Crippen MR) is 108 cm³/mol. The van der Waals surface area contributed by atoms with Gasteiger partial charge in [0.15, 0.2) is 5.96 Å². The number of hydrogen-bond donors (Lipinski definition) is 3. The van der Waals surface area contributed by atoms with Crippen LogP contribution in [0.15, 0.2) is 29.3 Å². The van der Waals surface area contributed by atoms with Crippen LogP contribution in [0, 0.1) is 0 Å². The minimum absolute atomic E-state index is 0. The number of nitrogens with zero attached hydrogens (tertiary/aromatic N) is 1. The molecule has 0 aromatic heterocycles. The van der Waals surface area contributed by atoms with Crippen LogP contribution in [-0.2, 0) is 4.79 Å². The zero-order valence-electron chi connectivity index (χ0n) is 14.1. The second-order valence-electron chi connectivity index (χ2n) is 5.80. The fourth-order valence-corrected chi connectivity index (χ4v) is 2.70. The van der Waals surface area contributed by atoms with Crippen LogP contribution in [-0.4, -0.2) is 31.1 Å². The van der Waals surface area contributed by atoms with Crippen molar-refractivity contribution in [3.8, 4) is 5.75 Å². The van der Waals surface area contributed by atoms with Crippen molar-refractivity contribution in [3.05, 3.63) is 24.3 Å². The van der Waals surface area contributed by atoms with Crippen molar-refractivity contribution in [2.24, 2.45) is 10.7 Å². The number of ether oxygens (including phenoxy) is 1. The summed E-state index contributed by atoms with van der Waals surface area (Å²) < 4.78 is 5.63. The Labute approximate surface area is 160 Å². The summed E-state index contributed by atoms with van der Waals surface area (Å²) in [5.74, 6) is 1.09. The quantitative estimate of drug-likeness (QED) is 0.271. The molecule has 134 valence electrons. The molecular formula is C17H27IN4O2. The summed E-state index contributed by atoms with van der Waals surface area (Å²) in [6.07, 6.45) is 6.18. The number of nitrogens with two attached hydrogens (primary N) is 1. The van der Waals surface area contributed by atoms with E-state index in [2.05, 4.69) is 15.6 Å². The number of benzene rings is 1. The highest BCUT2D eigenvalue weighted by atomic mass is 127. The Kier molecular flexibility index (Phi) is 9.51. The van der Waals surface area contributed by atoms with Crippen molar-refractivity contribution in [3.63, 3.8) is 0 Å². The Balaban J connectivity index is 0.00000288. The van der Waals surface area contributed by atoms with E-state index in [-0.39, 0.29) is 29.9 Å². The van der Waals surface area contributed by atoms with Crippen LogP contribution in [0.1, 0.15) is 39.0 Å². The second-order valence-corrected chi connectivity index (χ2v) is 5.80. The van der Waals surface area contributed by atoms with Gasteiger partial charge in [-0.05, 0) is 25.0 Å². The molecule has 0 saturated heterocycles. The Hall–Kier alpha value is -1.51. The Morgan fingerprint density at radius 2 is 2.08 bits per heavy atom. The van der Waals surface area contributed by atoms with E-state index in [1.165, 1.54) is 39.0 Å². The van der Waals surface area contributed by atoms with Crippen LogP contribution >= 0.6 is 24.0 Å². The maximum absolute atomic E-state index is 11.0. The monoisotopic (exact) mass is 446 g/mol. The number of nitrogens with one attached hydrogen (secondary N) is 2. The predicted octanol–water partition coefficient (Wildman–Crippen LogP) is 2.88. The third kappa shape index (κ3) is 7.85. The van der Waals surface area contributed by atoms with E-state index in [1.807, 2.05) is 18.2 Å². The summed E-state index contributed by atoms with van der Waals surface area (Å²) in [4.78, 5) is 15.3. The van der Waals surface area contributed by atoms with E-state index in [0.29, 0.717) is 30.9 Å². The zero-order valence-corrected chi connectivity index (χ0v) is 16.4. The molecule has 0 bridgehead atoms. The molecule has 1 aromatic carbocycles. The largest absolute Gasteiger partial charge is 0.492 e. The van der Waals surface area contributed by atoms with E-state index in [4.69, 9.17) is 10.5 Å². The number of rotatable bonds is 6. The minimum atomic E-state index is -0.103. The molecule has 7 heteroatoms. The van der Waals surface area contributed by atoms with Crippen molar-refractivity contribution in [1.29, 1.82) is 0 Å². The van der Waals surface area contributed by atoms with E-state index in [1.54, 1.807) is 6.07 Å². The summed E-state index contributed by atoms with van der Waals surface area (Å²) in [7, 11) is 0. The lowest BCUT2D eigenvalue weighted by atomic mass is 9.96. The maximum Gasteiger partial charge on any atom is 0.221 e. The van der Waals surface area contributed by atoms with Crippen LogP contribution in [0.2, 0.25) is 0 Å². The minimum Gasteiger partial charge on any atom is -0.492 e. The summed E-state index contributed by atoms with van der Waals surface area (Å²) in [6.45, 7) is 2.41. The summed E-state index contributed by atoms with van der Waals surface area (Å²) >= 11 is 0. The van der Waals surface area contributed by atoms with Gasteiger partial charge in [0.2, 0.25) is 5.91 Å². The third-order valence-electron chi connectivity index (χ3n) is 3.75. The van der Waals surface area contributed by atoms with Crippen LogP contribution in [0.4, 0.5) is 5.69 Å². The van der Waals surface area contributed by atoms with Crippen molar-refractivity contribution >= 4 is 41.5 Å². The number of hydrogen-bond acceptors (Lipinski definition) is 3. The van der Waals surface area contributed by atoms with Gasteiger partial charge in [0.1, 0.15) is 12.4 Å². The first kappa shape index (κ1) is 20.5. The standard InChI is InChI=1S/C17H26N4O2.HI/c1-13(22)20-15-8-5-9-16(12-15)23-11-10-19-17(18)21-14-6-3-2-4-7-14;/h5,8-9,12,14H,2-4,6-7,10-11H2,1H3,(H,20,22)(H3,18,19,21);1H. The lowest BCUT2D eigenvalue weighted by Gasteiger charge is -2.23. The second kappa shape index (κ2) is 11.1. The molecule has 4 N–H and O–H groups in total. The van der Waals surface area contributed by atoms with Gasteiger partial charge in [-0.25, -0.2) is 4.99 Å². The average molecular weight is 446 g/mol. The van der Waals surface area contributed by atoms with Gasteiger partial charge in [0.05, 0.1) is 6.54 Å². The lowest BCUT2D eigenvalue weighted by molar-refractivity contribution is -0.114. The molecule has 0 heterocycles. The SMILES string of the molecule is CC(=O)Nc1cccc(OCCN=C(N)NC2CCCCC2)c1.I. The van der Waals surface area contributed by atoms with Gasteiger partial charge >= 0.3 is 0 Å². The fourth-order valence-electron chi connectivity index (χ4n) is 2.70. The number of amides is 1. The number of aliphatic imine (C=N–C) groups is 1. The number of halogens is 1. The number of carbonyl (C=O) groups is 1. The molecule has 1 amide bonds. The van der Waals surface area contributed by atoms with Crippen molar-refractivity contribution < 1.29 is 9.53 Å². The average Bonchev–Trinajstić information content (AvgIpc) is 2.52. The van der Waals surface area contributed by atoms with E-state index >= 15 is 0 Å². The van der Waals surface area contributed by atoms with Crippen LogP contribution in [0.25, 0.3) is 0 Å². The number of carbonyl (C=O) groups excluding carboxylic acids is 1. The topological polar surface area (TPSA) is 88.7 Å². The Morgan fingerprint density at radius 1 is 1.33 bits per heavy atom. The van der Waals surface area contributed by atoms with Crippen LogP contribution in [0.3, 0.4) is 0 Å². The summed E-state index contributed by atoms with van der Waals surface area (Å²) in [5, 5.41) is 6.00. The molecule has 0 spiro atoms. The van der Waals surface area contributed by atoms with Gasteiger partial charge in [-0.3, -0.25) is 4.79 Å². The van der Waals surface area contributed by atoms with Gasteiger partial charge in [0, 0.05) is 24.7 Å². The van der Waals surface area contributed by atoms with Gasteiger partial charge in [-0.15, -0.1) is 24.0 Å². The Bertz CT molecular complexity index is 545. The number of guanidine groups is 1. The maximum atomic E-state index is 11.0. The van der Waals surface area contributed by atoms with Crippen LogP contribution in [0.5, 0.6) is 5.75 Å². The van der Waals surface area contributed by atoms with E-state index in [0.717, 1.165) is 5.69 Å². The van der Waals surface area contributed by atoms with Crippen molar-refractivity contribution in [2.45, 2.75) is 45.1 Å². The Morgan fingerprint density at radius 3 is 2.79 bits per heavy atom. The molecule has 2 rings (SSSR count). The smallest absolute Gasteiger partial charge is 0.221 e. The van der Waals surface area contributed by atoms with Gasteiger partial charge in [-0.1, -0.05) is 25.3 Å². The normalized spacial score (nSPS) is 15.3. The van der Waals surface area contributed by atoms with E-state index < -0.39 is 0 Å². The highest BCUT2D eigenvalue weighted by molar-refractivity contribution is 14.0. The molecule has 0 unspecified atom stereocenters. The molecule has 0 aliphatic heterocycles. The first-order chi connectivity index (χ1) is 11.1. The molecule has 1 aromatic rings. The molecule has 1 fully saturated rings. The molecule has 1 aliphatic carbocycles. The summed E-state index contributed by atoms with van der Waals surface area (Å²) in [6, 6.07) is 7.75. The molecular weight excluding hydrogens is 419 g/mol. The summed E-state index contributed by atoms with van der Waals surface area (Å²) in [5.41, 5.74) is 6.62. The van der Waals surface area contributed by atoms with Gasteiger partial charge in [-0.2, -0.15) is 0 Å². The number of anilines is 1.